The SMILES string of the molecule is Cc1c(N)ccc(C=CCO)c1Cl. The Morgan fingerprint density at radius 1 is 1.54 bits per heavy atom. The fourth-order valence-electron chi connectivity index (χ4n) is 1.03. The van der Waals surface area contributed by atoms with Crippen molar-refractivity contribution in [3.8, 4) is 0 Å². The van der Waals surface area contributed by atoms with Gasteiger partial charge >= 0.3 is 0 Å². The van der Waals surface area contributed by atoms with Gasteiger partial charge < -0.3 is 10.8 Å². The third-order valence-corrected chi connectivity index (χ3v) is 2.36. The molecule has 0 aliphatic rings. The third-order valence-electron chi connectivity index (χ3n) is 1.86. The minimum atomic E-state index is 0.0136. The Kier molecular flexibility index (Phi) is 3.34. The molecular formula is C10H12ClNO. The van der Waals surface area contributed by atoms with Gasteiger partial charge in [-0.15, -0.1) is 0 Å². The van der Waals surface area contributed by atoms with Gasteiger partial charge in [0, 0.05) is 5.69 Å². The molecule has 3 heteroatoms. The molecule has 0 unspecified atom stereocenters. The Hall–Kier alpha value is -0.990. The van der Waals surface area contributed by atoms with E-state index in [1.807, 2.05) is 13.0 Å². The number of aliphatic hydroxyl groups excluding tert-OH is 1. The number of halogens is 1. The van der Waals surface area contributed by atoms with Crippen LogP contribution in [0.5, 0.6) is 0 Å². The summed E-state index contributed by atoms with van der Waals surface area (Å²) in [6, 6.07) is 3.63. The summed E-state index contributed by atoms with van der Waals surface area (Å²) in [4.78, 5) is 0. The van der Waals surface area contributed by atoms with Gasteiger partial charge in [0.2, 0.25) is 0 Å². The van der Waals surface area contributed by atoms with Gasteiger partial charge in [0.25, 0.3) is 0 Å². The highest BCUT2D eigenvalue weighted by atomic mass is 35.5. The van der Waals surface area contributed by atoms with Crippen LogP contribution >= 0.6 is 11.6 Å². The van der Waals surface area contributed by atoms with Crippen molar-refractivity contribution in [2.45, 2.75) is 6.92 Å². The molecular weight excluding hydrogens is 186 g/mol. The van der Waals surface area contributed by atoms with E-state index < -0.39 is 0 Å². The maximum Gasteiger partial charge on any atom is 0.0615 e. The van der Waals surface area contributed by atoms with Crippen molar-refractivity contribution in [2.24, 2.45) is 0 Å². The first-order valence-corrected chi connectivity index (χ1v) is 4.36. The lowest BCUT2D eigenvalue weighted by Crippen LogP contribution is -1.91. The predicted molar refractivity (Wildman–Crippen MR) is 56.7 cm³/mol. The first kappa shape index (κ1) is 10.1. The quantitative estimate of drug-likeness (QED) is 0.715. The topological polar surface area (TPSA) is 46.2 Å². The molecule has 0 amide bonds. The van der Waals surface area contributed by atoms with Crippen molar-refractivity contribution < 1.29 is 5.11 Å². The van der Waals surface area contributed by atoms with E-state index >= 15 is 0 Å². The van der Waals surface area contributed by atoms with Crippen LogP contribution in [-0.4, -0.2) is 11.7 Å². The second-order valence-corrected chi connectivity index (χ2v) is 3.15. The molecule has 0 saturated carbocycles. The number of benzene rings is 1. The van der Waals surface area contributed by atoms with Crippen molar-refractivity contribution in [3.63, 3.8) is 0 Å². The Labute approximate surface area is 82.6 Å². The number of nitrogens with two attached hydrogens (primary N) is 1. The van der Waals surface area contributed by atoms with Gasteiger partial charge in [0.05, 0.1) is 11.6 Å². The van der Waals surface area contributed by atoms with Crippen molar-refractivity contribution in [1.29, 1.82) is 0 Å². The number of nitrogen functional groups attached to an aromatic ring is 1. The van der Waals surface area contributed by atoms with Crippen LogP contribution in [0, 0.1) is 6.92 Å². The number of hydrogen-bond acceptors (Lipinski definition) is 2. The van der Waals surface area contributed by atoms with Gasteiger partial charge in [0.1, 0.15) is 0 Å². The molecule has 2 nitrogen and oxygen atoms in total. The molecule has 1 rings (SSSR count). The summed E-state index contributed by atoms with van der Waals surface area (Å²) in [7, 11) is 0. The molecule has 1 aromatic rings. The van der Waals surface area contributed by atoms with Crippen molar-refractivity contribution in [3.05, 3.63) is 34.4 Å². The molecule has 0 aliphatic heterocycles. The Balaban J connectivity index is 3.11. The number of aliphatic hydroxyl groups is 1. The lowest BCUT2D eigenvalue weighted by Gasteiger charge is -2.05. The Morgan fingerprint density at radius 3 is 2.85 bits per heavy atom. The standard InChI is InChI=1S/C10H12ClNO/c1-7-9(12)5-4-8(10(7)11)3-2-6-13/h2-5,13H,6,12H2,1H3. The highest BCUT2D eigenvalue weighted by molar-refractivity contribution is 6.33. The maximum absolute atomic E-state index is 8.59. The molecule has 0 fully saturated rings. The Morgan fingerprint density at radius 2 is 2.23 bits per heavy atom. The first-order chi connectivity index (χ1) is 6.16. The molecule has 0 saturated heterocycles. The minimum absolute atomic E-state index is 0.0136. The van der Waals surface area contributed by atoms with Crippen LogP contribution in [0.2, 0.25) is 5.02 Å². The number of anilines is 1. The molecule has 0 heterocycles. The van der Waals surface area contributed by atoms with Gasteiger partial charge in [-0.05, 0) is 24.1 Å². The van der Waals surface area contributed by atoms with E-state index in [2.05, 4.69) is 0 Å². The second-order valence-electron chi connectivity index (χ2n) is 2.77. The van der Waals surface area contributed by atoms with Crippen LogP contribution in [0.3, 0.4) is 0 Å². The second kappa shape index (κ2) is 4.30. The monoisotopic (exact) mass is 197 g/mol. The van der Waals surface area contributed by atoms with Crippen molar-refractivity contribution in [2.75, 3.05) is 12.3 Å². The zero-order chi connectivity index (χ0) is 9.84. The lowest BCUT2D eigenvalue weighted by molar-refractivity contribution is 0.343. The zero-order valence-electron chi connectivity index (χ0n) is 7.42. The van der Waals surface area contributed by atoms with E-state index in [1.165, 1.54) is 0 Å². The van der Waals surface area contributed by atoms with E-state index in [1.54, 1.807) is 18.2 Å². The molecule has 0 atom stereocenters. The Bertz CT molecular complexity index is 334. The summed E-state index contributed by atoms with van der Waals surface area (Å²) in [6.07, 6.45) is 3.41. The largest absolute Gasteiger partial charge is 0.398 e. The zero-order valence-corrected chi connectivity index (χ0v) is 8.17. The number of rotatable bonds is 2. The summed E-state index contributed by atoms with van der Waals surface area (Å²) in [5, 5.41) is 9.23. The molecule has 1 aromatic carbocycles. The van der Waals surface area contributed by atoms with Crippen LogP contribution in [0.15, 0.2) is 18.2 Å². The van der Waals surface area contributed by atoms with Crippen LogP contribution in [-0.2, 0) is 0 Å². The van der Waals surface area contributed by atoms with E-state index in [0.29, 0.717) is 10.7 Å². The lowest BCUT2D eigenvalue weighted by atomic mass is 10.1. The minimum Gasteiger partial charge on any atom is -0.398 e. The summed E-state index contributed by atoms with van der Waals surface area (Å²) in [6.45, 7) is 1.88. The summed E-state index contributed by atoms with van der Waals surface area (Å²) in [5.41, 5.74) is 8.10. The average Bonchev–Trinajstić information content (AvgIpc) is 2.13. The van der Waals surface area contributed by atoms with Gasteiger partial charge in [-0.2, -0.15) is 0 Å². The van der Waals surface area contributed by atoms with Crippen LogP contribution in [0.4, 0.5) is 5.69 Å². The predicted octanol–water partition coefficient (Wildman–Crippen LogP) is 2.24. The highest BCUT2D eigenvalue weighted by Crippen LogP contribution is 2.26. The van der Waals surface area contributed by atoms with E-state index in [-0.39, 0.29) is 6.61 Å². The fourth-order valence-corrected chi connectivity index (χ4v) is 1.26. The molecule has 13 heavy (non-hydrogen) atoms. The smallest absolute Gasteiger partial charge is 0.0615 e. The molecule has 0 spiro atoms. The van der Waals surface area contributed by atoms with E-state index in [0.717, 1.165) is 11.1 Å². The van der Waals surface area contributed by atoms with Crippen molar-refractivity contribution in [1.82, 2.24) is 0 Å². The normalized spacial score (nSPS) is 11.0. The van der Waals surface area contributed by atoms with Gasteiger partial charge in [-0.1, -0.05) is 29.8 Å². The van der Waals surface area contributed by atoms with E-state index in [4.69, 9.17) is 22.4 Å². The van der Waals surface area contributed by atoms with Crippen LogP contribution in [0.1, 0.15) is 11.1 Å². The molecule has 3 N–H and O–H groups in total. The van der Waals surface area contributed by atoms with Gasteiger partial charge in [-0.3, -0.25) is 0 Å². The molecule has 0 aliphatic carbocycles. The maximum atomic E-state index is 8.59. The van der Waals surface area contributed by atoms with Crippen LogP contribution < -0.4 is 5.73 Å². The third kappa shape index (κ3) is 2.23. The summed E-state index contributed by atoms with van der Waals surface area (Å²) < 4.78 is 0. The molecule has 70 valence electrons. The number of hydrogen-bond donors (Lipinski definition) is 2. The molecule has 0 aromatic heterocycles. The molecule has 0 radical (unpaired) electrons. The average molecular weight is 198 g/mol. The summed E-state index contributed by atoms with van der Waals surface area (Å²) >= 11 is 6.02. The first-order valence-electron chi connectivity index (χ1n) is 3.98. The fraction of sp³-hybridized carbons (Fsp3) is 0.200. The summed E-state index contributed by atoms with van der Waals surface area (Å²) in [5.74, 6) is 0. The van der Waals surface area contributed by atoms with Gasteiger partial charge in [-0.25, -0.2) is 0 Å². The van der Waals surface area contributed by atoms with Crippen LogP contribution in [0.25, 0.3) is 6.08 Å². The highest BCUT2D eigenvalue weighted by Gasteiger charge is 2.02. The van der Waals surface area contributed by atoms with E-state index in [9.17, 15) is 0 Å². The molecule has 0 bridgehead atoms. The van der Waals surface area contributed by atoms with Crippen molar-refractivity contribution >= 4 is 23.4 Å². The van der Waals surface area contributed by atoms with Gasteiger partial charge in [0.15, 0.2) is 0 Å².